The van der Waals surface area contributed by atoms with Gasteiger partial charge in [-0.05, 0) is 25.3 Å². The van der Waals surface area contributed by atoms with Gasteiger partial charge in [0.25, 0.3) is 0 Å². The maximum atomic E-state index is 9.94. The standard InChI is InChI=1S/C13H25NO3/c1-10-3-5-14(8-13(10)16-2)7-11-9-17-6-4-12(11)15/h10-13,15H,3-9H2,1-2H3. The molecule has 0 amide bonds. The summed E-state index contributed by atoms with van der Waals surface area (Å²) in [6.45, 7) is 6.70. The Hall–Kier alpha value is -0.160. The fourth-order valence-electron chi connectivity index (χ4n) is 2.86. The minimum atomic E-state index is -0.191. The monoisotopic (exact) mass is 243 g/mol. The molecule has 0 aromatic rings. The van der Waals surface area contributed by atoms with E-state index in [0.717, 1.165) is 26.1 Å². The van der Waals surface area contributed by atoms with E-state index in [1.165, 1.54) is 6.42 Å². The Morgan fingerprint density at radius 1 is 1.41 bits per heavy atom. The Bertz CT molecular complexity index is 237. The number of methoxy groups -OCH3 is 1. The van der Waals surface area contributed by atoms with Gasteiger partial charge >= 0.3 is 0 Å². The van der Waals surface area contributed by atoms with Gasteiger partial charge in [0.1, 0.15) is 0 Å². The second-order valence-corrected chi connectivity index (χ2v) is 5.49. The molecule has 2 aliphatic heterocycles. The van der Waals surface area contributed by atoms with Crippen molar-refractivity contribution in [2.24, 2.45) is 11.8 Å². The lowest BCUT2D eigenvalue weighted by Gasteiger charge is -2.39. The molecule has 2 rings (SSSR count). The molecular formula is C13H25NO3. The number of nitrogens with zero attached hydrogens (tertiary/aromatic N) is 1. The molecule has 0 aromatic carbocycles. The van der Waals surface area contributed by atoms with Crippen LogP contribution in [-0.4, -0.2) is 62.2 Å². The van der Waals surface area contributed by atoms with E-state index in [9.17, 15) is 5.11 Å². The molecule has 2 saturated heterocycles. The Labute approximate surface area is 104 Å². The second-order valence-electron chi connectivity index (χ2n) is 5.49. The minimum Gasteiger partial charge on any atom is -0.393 e. The van der Waals surface area contributed by atoms with Gasteiger partial charge in [-0.25, -0.2) is 0 Å². The normalized spacial score (nSPS) is 40.4. The van der Waals surface area contributed by atoms with Crippen LogP contribution in [0.5, 0.6) is 0 Å². The van der Waals surface area contributed by atoms with Gasteiger partial charge in [0, 0.05) is 32.7 Å². The molecule has 17 heavy (non-hydrogen) atoms. The molecule has 2 heterocycles. The molecule has 4 heteroatoms. The van der Waals surface area contributed by atoms with Crippen molar-refractivity contribution in [3.05, 3.63) is 0 Å². The fraction of sp³-hybridized carbons (Fsp3) is 1.00. The van der Waals surface area contributed by atoms with Gasteiger partial charge in [-0.1, -0.05) is 6.92 Å². The van der Waals surface area contributed by atoms with Gasteiger partial charge in [-0.2, -0.15) is 0 Å². The quantitative estimate of drug-likeness (QED) is 0.794. The predicted molar refractivity (Wildman–Crippen MR) is 66.0 cm³/mol. The number of aliphatic hydroxyl groups is 1. The van der Waals surface area contributed by atoms with E-state index in [1.54, 1.807) is 7.11 Å². The van der Waals surface area contributed by atoms with Gasteiger partial charge in [0.2, 0.25) is 0 Å². The fourth-order valence-corrected chi connectivity index (χ4v) is 2.86. The lowest BCUT2D eigenvalue weighted by atomic mass is 9.93. The first kappa shape index (κ1) is 13.3. The number of hydrogen-bond acceptors (Lipinski definition) is 4. The largest absolute Gasteiger partial charge is 0.393 e. The minimum absolute atomic E-state index is 0.191. The van der Waals surface area contributed by atoms with Crippen molar-refractivity contribution in [2.45, 2.75) is 32.0 Å². The third-order valence-corrected chi connectivity index (χ3v) is 4.20. The number of piperidine rings is 1. The van der Waals surface area contributed by atoms with Crippen LogP contribution in [0.4, 0.5) is 0 Å². The first-order chi connectivity index (χ1) is 8.20. The van der Waals surface area contributed by atoms with Crippen LogP contribution in [0.25, 0.3) is 0 Å². The smallest absolute Gasteiger partial charge is 0.0724 e. The highest BCUT2D eigenvalue weighted by Gasteiger charge is 2.30. The topological polar surface area (TPSA) is 41.9 Å². The zero-order valence-electron chi connectivity index (χ0n) is 11.0. The summed E-state index contributed by atoms with van der Waals surface area (Å²) in [5.41, 5.74) is 0. The maximum absolute atomic E-state index is 9.94. The van der Waals surface area contributed by atoms with E-state index >= 15 is 0 Å². The van der Waals surface area contributed by atoms with Crippen LogP contribution in [0.1, 0.15) is 19.8 Å². The summed E-state index contributed by atoms with van der Waals surface area (Å²) in [6.07, 6.45) is 2.11. The van der Waals surface area contributed by atoms with Crippen molar-refractivity contribution in [3.8, 4) is 0 Å². The molecule has 0 aromatic heterocycles. The van der Waals surface area contributed by atoms with E-state index in [-0.39, 0.29) is 12.0 Å². The molecule has 2 fully saturated rings. The molecule has 0 aliphatic carbocycles. The molecule has 0 radical (unpaired) electrons. The summed E-state index contributed by atoms with van der Waals surface area (Å²) in [5.74, 6) is 0.915. The van der Waals surface area contributed by atoms with Crippen molar-refractivity contribution in [2.75, 3.05) is 40.0 Å². The molecule has 4 nitrogen and oxygen atoms in total. The van der Waals surface area contributed by atoms with Gasteiger partial charge < -0.3 is 19.5 Å². The van der Waals surface area contributed by atoms with Crippen LogP contribution < -0.4 is 0 Å². The van der Waals surface area contributed by atoms with Crippen LogP contribution in [0.2, 0.25) is 0 Å². The third-order valence-electron chi connectivity index (χ3n) is 4.20. The molecule has 0 bridgehead atoms. The predicted octanol–water partition coefficient (Wildman–Crippen LogP) is 0.741. The van der Waals surface area contributed by atoms with E-state index < -0.39 is 0 Å². The first-order valence-electron chi connectivity index (χ1n) is 6.71. The summed E-state index contributed by atoms with van der Waals surface area (Å²) >= 11 is 0. The van der Waals surface area contributed by atoms with Gasteiger partial charge in [-0.3, -0.25) is 0 Å². The van der Waals surface area contributed by atoms with Crippen LogP contribution >= 0.6 is 0 Å². The average molecular weight is 243 g/mol. The molecule has 4 atom stereocenters. The van der Waals surface area contributed by atoms with E-state index in [4.69, 9.17) is 9.47 Å². The zero-order valence-corrected chi connectivity index (χ0v) is 11.0. The molecule has 100 valence electrons. The number of rotatable bonds is 3. The third kappa shape index (κ3) is 3.41. The Morgan fingerprint density at radius 2 is 2.24 bits per heavy atom. The van der Waals surface area contributed by atoms with Crippen LogP contribution in [-0.2, 0) is 9.47 Å². The van der Waals surface area contributed by atoms with Crippen molar-refractivity contribution in [3.63, 3.8) is 0 Å². The summed E-state index contributed by atoms with van der Waals surface area (Å²) < 4.78 is 11.0. The lowest BCUT2D eigenvalue weighted by Crippen LogP contribution is -2.48. The summed E-state index contributed by atoms with van der Waals surface area (Å²) in [4.78, 5) is 2.41. The summed E-state index contributed by atoms with van der Waals surface area (Å²) in [7, 11) is 1.79. The molecule has 2 aliphatic rings. The molecule has 4 unspecified atom stereocenters. The highest BCUT2D eigenvalue weighted by molar-refractivity contribution is 4.82. The van der Waals surface area contributed by atoms with Crippen molar-refractivity contribution < 1.29 is 14.6 Å². The molecule has 1 N–H and O–H groups in total. The lowest BCUT2D eigenvalue weighted by molar-refractivity contribution is -0.0627. The van der Waals surface area contributed by atoms with Crippen LogP contribution in [0.15, 0.2) is 0 Å². The number of aliphatic hydroxyl groups excluding tert-OH is 1. The van der Waals surface area contributed by atoms with E-state index in [2.05, 4.69) is 11.8 Å². The molecular weight excluding hydrogens is 218 g/mol. The highest BCUT2D eigenvalue weighted by atomic mass is 16.5. The number of hydrogen-bond donors (Lipinski definition) is 1. The van der Waals surface area contributed by atoms with Gasteiger partial charge in [-0.15, -0.1) is 0 Å². The average Bonchev–Trinajstić information content (AvgIpc) is 2.34. The highest BCUT2D eigenvalue weighted by Crippen LogP contribution is 2.22. The molecule has 0 spiro atoms. The van der Waals surface area contributed by atoms with Crippen molar-refractivity contribution >= 4 is 0 Å². The number of ether oxygens (including phenoxy) is 2. The number of likely N-dealkylation sites (tertiary alicyclic amines) is 1. The summed E-state index contributed by atoms with van der Waals surface area (Å²) in [6, 6.07) is 0. The first-order valence-corrected chi connectivity index (χ1v) is 6.71. The van der Waals surface area contributed by atoms with E-state index in [1.807, 2.05) is 0 Å². The van der Waals surface area contributed by atoms with Gasteiger partial charge in [0.15, 0.2) is 0 Å². The zero-order chi connectivity index (χ0) is 12.3. The van der Waals surface area contributed by atoms with Crippen LogP contribution in [0.3, 0.4) is 0 Å². The van der Waals surface area contributed by atoms with Gasteiger partial charge in [0.05, 0.1) is 18.8 Å². The SMILES string of the molecule is COC1CN(CC2COCCC2O)CCC1C. The Kier molecular flexibility index (Phi) is 4.79. The Morgan fingerprint density at radius 3 is 2.94 bits per heavy atom. The molecule has 0 saturated carbocycles. The van der Waals surface area contributed by atoms with E-state index in [0.29, 0.717) is 25.2 Å². The van der Waals surface area contributed by atoms with Crippen LogP contribution in [0, 0.1) is 11.8 Å². The Balaban J connectivity index is 1.82. The maximum Gasteiger partial charge on any atom is 0.0724 e. The summed E-state index contributed by atoms with van der Waals surface area (Å²) in [5, 5.41) is 9.94. The second kappa shape index (κ2) is 6.14. The van der Waals surface area contributed by atoms with Crippen molar-refractivity contribution in [1.82, 2.24) is 4.90 Å². The van der Waals surface area contributed by atoms with Crippen molar-refractivity contribution in [1.29, 1.82) is 0 Å².